The van der Waals surface area contributed by atoms with Gasteiger partial charge in [0, 0.05) is 42.9 Å². The number of methoxy groups -OCH3 is 1. The molecule has 0 unspecified atom stereocenters. The van der Waals surface area contributed by atoms with E-state index in [0.29, 0.717) is 12.4 Å². The Bertz CT molecular complexity index is 981. The number of thioether (sulfide) groups is 1. The van der Waals surface area contributed by atoms with Crippen molar-refractivity contribution in [3.05, 3.63) is 52.8 Å². The van der Waals surface area contributed by atoms with E-state index in [9.17, 15) is 4.79 Å². The normalized spacial score (nSPS) is 11.0. The van der Waals surface area contributed by atoms with Gasteiger partial charge in [-0.05, 0) is 51.0 Å². The topological polar surface area (TPSA) is 69.0 Å². The highest BCUT2D eigenvalue weighted by Crippen LogP contribution is 2.29. The molecule has 0 saturated carbocycles. The quantitative estimate of drug-likeness (QED) is 0.277. The number of hydrogen-bond donors (Lipinski definition) is 1. The summed E-state index contributed by atoms with van der Waals surface area (Å²) in [6, 6.07) is 10.1. The van der Waals surface area contributed by atoms with Crippen molar-refractivity contribution < 1.29 is 9.53 Å². The average molecular weight is 431 g/mol. The number of aromatic nitrogens is 3. The third kappa shape index (κ3) is 5.68. The molecule has 0 aliphatic heterocycles. The zero-order chi connectivity index (χ0) is 20.8. The van der Waals surface area contributed by atoms with Crippen LogP contribution in [0.1, 0.15) is 33.7 Å². The molecule has 0 amide bonds. The predicted octanol–water partition coefficient (Wildman–Crippen LogP) is 5.02. The van der Waals surface area contributed by atoms with Gasteiger partial charge in [-0.3, -0.25) is 4.79 Å². The van der Waals surface area contributed by atoms with Crippen molar-refractivity contribution in [2.75, 3.05) is 24.8 Å². The van der Waals surface area contributed by atoms with Gasteiger partial charge in [0.2, 0.25) is 5.13 Å². The summed E-state index contributed by atoms with van der Waals surface area (Å²) >= 11 is 2.88. The van der Waals surface area contributed by atoms with Gasteiger partial charge in [0.1, 0.15) is 0 Å². The number of Topliss-reactive ketones (excluding diaryl/α,β-unsaturated/α-hetero) is 1. The van der Waals surface area contributed by atoms with Crippen molar-refractivity contribution in [2.24, 2.45) is 0 Å². The number of anilines is 2. The molecular formula is C21H26N4O2S2. The number of benzene rings is 1. The highest BCUT2D eigenvalue weighted by Gasteiger charge is 2.17. The van der Waals surface area contributed by atoms with E-state index < -0.39 is 0 Å². The van der Waals surface area contributed by atoms with Gasteiger partial charge in [0.05, 0.1) is 5.75 Å². The van der Waals surface area contributed by atoms with E-state index in [-0.39, 0.29) is 5.78 Å². The second-order valence-corrected chi connectivity index (χ2v) is 9.06. The first-order valence-electron chi connectivity index (χ1n) is 9.47. The molecular weight excluding hydrogens is 404 g/mol. The molecule has 0 fully saturated rings. The van der Waals surface area contributed by atoms with E-state index >= 15 is 0 Å². The fraction of sp³-hybridized carbons (Fsp3) is 0.381. The maximum atomic E-state index is 12.8. The summed E-state index contributed by atoms with van der Waals surface area (Å²) in [6.45, 7) is 7.67. The number of hydrogen-bond acceptors (Lipinski definition) is 7. The molecule has 3 aromatic rings. The highest BCUT2D eigenvalue weighted by molar-refractivity contribution is 8.01. The van der Waals surface area contributed by atoms with E-state index in [1.165, 1.54) is 28.7 Å². The SMILES string of the molecule is COCCCn1c(C)cc(C(=O)CSc2nnc(Nc3cccc(C)c3)s2)c1C. The lowest BCUT2D eigenvalue weighted by Gasteiger charge is -2.09. The van der Waals surface area contributed by atoms with Crippen molar-refractivity contribution in [2.45, 2.75) is 38.1 Å². The van der Waals surface area contributed by atoms with Crippen LogP contribution < -0.4 is 5.32 Å². The minimum absolute atomic E-state index is 0.115. The first kappa shape index (κ1) is 21.5. The summed E-state index contributed by atoms with van der Waals surface area (Å²) in [5, 5.41) is 12.4. The largest absolute Gasteiger partial charge is 0.385 e. The number of nitrogens with zero attached hydrogens (tertiary/aromatic N) is 3. The molecule has 0 bridgehead atoms. The molecule has 8 heteroatoms. The van der Waals surface area contributed by atoms with Crippen LogP contribution in [0.5, 0.6) is 0 Å². The van der Waals surface area contributed by atoms with Crippen LogP contribution in [0, 0.1) is 20.8 Å². The van der Waals surface area contributed by atoms with E-state index in [4.69, 9.17) is 4.74 Å². The van der Waals surface area contributed by atoms with Crippen LogP contribution in [0.3, 0.4) is 0 Å². The molecule has 154 valence electrons. The number of carbonyl (C=O) groups excluding carboxylic acids is 1. The molecule has 6 nitrogen and oxygen atoms in total. The molecule has 0 aliphatic rings. The molecule has 3 rings (SSSR count). The smallest absolute Gasteiger partial charge is 0.210 e. The second-order valence-electron chi connectivity index (χ2n) is 6.86. The molecule has 1 aromatic carbocycles. The van der Waals surface area contributed by atoms with Crippen LogP contribution in [-0.2, 0) is 11.3 Å². The molecule has 2 aromatic heterocycles. The molecule has 2 heterocycles. The van der Waals surface area contributed by atoms with Gasteiger partial charge < -0.3 is 14.6 Å². The highest BCUT2D eigenvalue weighted by atomic mass is 32.2. The third-order valence-corrected chi connectivity index (χ3v) is 6.58. The maximum absolute atomic E-state index is 12.8. The van der Waals surface area contributed by atoms with E-state index in [1.54, 1.807) is 7.11 Å². The van der Waals surface area contributed by atoms with Crippen molar-refractivity contribution in [1.29, 1.82) is 0 Å². The molecule has 1 N–H and O–H groups in total. The molecule has 0 atom stereocenters. The van der Waals surface area contributed by atoms with Crippen molar-refractivity contribution in [1.82, 2.24) is 14.8 Å². The van der Waals surface area contributed by atoms with Gasteiger partial charge in [0.15, 0.2) is 10.1 Å². The van der Waals surface area contributed by atoms with Gasteiger partial charge in [0.25, 0.3) is 0 Å². The minimum atomic E-state index is 0.115. The lowest BCUT2D eigenvalue weighted by Crippen LogP contribution is -2.08. The van der Waals surface area contributed by atoms with Gasteiger partial charge in [-0.1, -0.05) is 35.2 Å². The van der Waals surface area contributed by atoms with Gasteiger partial charge in [-0.15, -0.1) is 10.2 Å². The molecule has 0 radical (unpaired) electrons. The number of rotatable bonds is 10. The van der Waals surface area contributed by atoms with Crippen molar-refractivity contribution >= 4 is 39.7 Å². The molecule has 0 spiro atoms. The Kier molecular flexibility index (Phi) is 7.46. The molecule has 0 saturated heterocycles. The summed E-state index contributed by atoms with van der Waals surface area (Å²) in [7, 11) is 1.71. The zero-order valence-electron chi connectivity index (χ0n) is 17.2. The predicted molar refractivity (Wildman–Crippen MR) is 120 cm³/mol. The Balaban J connectivity index is 1.58. The number of nitrogens with one attached hydrogen (secondary N) is 1. The second kappa shape index (κ2) is 10.0. The summed E-state index contributed by atoms with van der Waals surface area (Å²) < 4.78 is 8.10. The fourth-order valence-electron chi connectivity index (χ4n) is 3.16. The third-order valence-electron chi connectivity index (χ3n) is 4.61. The minimum Gasteiger partial charge on any atom is -0.385 e. The van der Waals surface area contributed by atoms with Crippen LogP contribution in [0.2, 0.25) is 0 Å². The van der Waals surface area contributed by atoms with Gasteiger partial charge >= 0.3 is 0 Å². The number of ether oxygens (including phenoxy) is 1. The first-order chi connectivity index (χ1) is 14.0. The van der Waals surface area contributed by atoms with E-state index in [0.717, 1.165) is 45.1 Å². The monoisotopic (exact) mass is 430 g/mol. The lowest BCUT2D eigenvalue weighted by atomic mass is 10.2. The van der Waals surface area contributed by atoms with Crippen LogP contribution in [0.4, 0.5) is 10.8 Å². The molecule has 29 heavy (non-hydrogen) atoms. The Hall–Kier alpha value is -2.16. The standard InChI is InChI=1S/C21H26N4O2S2/c1-14-7-5-8-17(11-14)22-20-23-24-21(29-20)28-13-19(26)18-12-15(2)25(16(18)3)9-6-10-27-4/h5,7-8,11-12H,6,9-10,13H2,1-4H3,(H,22,23). The van der Waals surface area contributed by atoms with Crippen LogP contribution >= 0.6 is 23.1 Å². The fourth-order valence-corrected chi connectivity index (χ4v) is 4.82. The molecule has 0 aliphatic carbocycles. The van der Waals surface area contributed by atoms with Crippen molar-refractivity contribution in [3.63, 3.8) is 0 Å². The van der Waals surface area contributed by atoms with Crippen molar-refractivity contribution in [3.8, 4) is 0 Å². The average Bonchev–Trinajstić information content (AvgIpc) is 3.25. The van der Waals surface area contributed by atoms with E-state index in [2.05, 4.69) is 26.1 Å². The lowest BCUT2D eigenvalue weighted by molar-refractivity contribution is 0.102. The maximum Gasteiger partial charge on any atom is 0.210 e. The zero-order valence-corrected chi connectivity index (χ0v) is 18.8. The Morgan fingerprint density at radius 3 is 2.83 bits per heavy atom. The summed E-state index contributed by atoms with van der Waals surface area (Å²) in [5.41, 5.74) is 5.07. The summed E-state index contributed by atoms with van der Waals surface area (Å²) in [6.07, 6.45) is 0.927. The van der Waals surface area contributed by atoms with Crippen LogP contribution in [-0.4, -0.2) is 40.0 Å². The Morgan fingerprint density at radius 2 is 2.07 bits per heavy atom. The van der Waals surface area contributed by atoms with Crippen LogP contribution in [0.15, 0.2) is 34.7 Å². The van der Waals surface area contributed by atoms with Gasteiger partial charge in [-0.25, -0.2) is 0 Å². The van der Waals surface area contributed by atoms with E-state index in [1.807, 2.05) is 45.0 Å². The Morgan fingerprint density at radius 1 is 1.24 bits per heavy atom. The number of carbonyl (C=O) groups is 1. The van der Waals surface area contributed by atoms with Gasteiger partial charge in [-0.2, -0.15) is 0 Å². The number of aryl methyl sites for hydroxylation is 2. The Labute approximate surface area is 179 Å². The van der Waals surface area contributed by atoms with Crippen LogP contribution in [0.25, 0.3) is 0 Å². The summed E-state index contributed by atoms with van der Waals surface area (Å²) in [4.78, 5) is 12.8. The summed E-state index contributed by atoms with van der Waals surface area (Å²) in [5.74, 6) is 0.464. The number of ketones is 1. The first-order valence-corrected chi connectivity index (χ1v) is 11.3.